The predicted molar refractivity (Wildman–Crippen MR) is 74.0 cm³/mol. The molecule has 0 heterocycles. The van der Waals surface area contributed by atoms with E-state index in [4.69, 9.17) is 11.0 Å². The lowest BCUT2D eigenvalue weighted by atomic mass is 9.70. The SMILES string of the molecule is CC1CCC(CN)(C(=O)NC2CCCC2C#N)CC1. The van der Waals surface area contributed by atoms with Gasteiger partial charge in [0.05, 0.1) is 17.4 Å². The van der Waals surface area contributed by atoms with E-state index in [1.807, 2.05) is 0 Å². The van der Waals surface area contributed by atoms with Gasteiger partial charge in [-0.3, -0.25) is 4.79 Å². The molecule has 0 aromatic heterocycles. The van der Waals surface area contributed by atoms with Crippen molar-refractivity contribution >= 4 is 5.91 Å². The van der Waals surface area contributed by atoms with Crippen molar-refractivity contribution in [3.63, 3.8) is 0 Å². The molecule has 4 heteroatoms. The molecule has 0 saturated heterocycles. The first-order chi connectivity index (χ1) is 9.11. The molecule has 19 heavy (non-hydrogen) atoms. The number of carbonyl (C=O) groups is 1. The van der Waals surface area contributed by atoms with Crippen LogP contribution in [-0.2, 0) is 4.79 Å². The van der Waals surface area contributed by atoms with E-state index in [9.17, 15) is 4.79 Å². The van der Waals surface area contributed by atoms with Crippen molar-refractivity contribution < 1.29 is 4.79 Å². The summed E-state index contributed by atoms with van der Waals surface area (Å²) in [6, 6.07) is 2.36. The Bertz CT molecular complexity index is 366. The molecule has 0 bridgehead atoms. The number of nitriles is 1. The zero-order valence-electron chi connectivity index (χ0n) is 11.8. The van der Waals surface area contributed by atoms with Crippen molar-refractivity contribution in [1.82, 2.24) is 5.32 Å². The van der Waals surface area contributed by atoms with Gasteiger partial charge in [-0.25, -0.2) is 0 Å². The highest BCUT2D eigenvalue weighted by atomic mass is 16.2. The standard InChI is InChI=1S/C15H25N3O/c1-11-5-7-15(10-17,8-6-11)14(19)18-13-4-2-3-12(13)9-16/h11-13H,2-8,10,17H2,1H3,(H,18,19). The summed E-state index contributed by atoms with van der Waals surface area (Å²) in [4.78, 5) is 12.6. The molecule has 0 aromatic carbocycles. The van der Waals surface area contributed by atoms with Gasteiger partial charge >= 0.3 is 0 Å². The maximum atomic E-state index is 12.6. The van der Waals surface area contributed by atoms with E-state index in [0.717, 1.165) is 44.9 Å². The molecule has 2 fully saturated rings. The second kappa shape index (κ2) is 5.92. The molecule has 2 saturated carbocycles. The summed E-state index contributed by atoms with van der Waals surface area (Å²) in [7, 11) is 0. The van der Waals surface area contributed by atoms with Crippen LogP contribution in [0.5, 0.6) is 0 Å². The van der Waals surface area contributed by atoms with Gasteiger partial charge in [-0.1, -0.05) is 6.92 Å². The Morgan fingerprint density at radius 2 is 2.05 bits per heavy atom. The van der Waals surface area contributed by atoms with Crippen molar-refractivity contribution in [1.29, 1.82) is 5.26 Å². The Morgan fingerprint density at radius 1 is 1.37 bits per heavy atom. The van der Waals surface area contributed by atoms with E-state index in [1.165, 1.54) is 0 Å². The van der Waals surface area contributed by atoms with Gasteiger partial charge in [-0.15, -0.1) is 0 Å². The highest BCUT2D eigenvalue weighted by Gasteiger charge is 2.41. The maximum absolute atomic E-state index is 12.6. The van der Waals surface area contributed by atoms with Crippen LogP contribution in [0.15, 0.2) is 0 Å². The van der Waals surface area contributed by atoms with Gasteiger partial charge < -0.3 is 11.1 Å². The lowest BCUT2D eigenvalue weighted by Crippen LogP contribution is -2.51. The lowest BCUT2D eigenvalue weighted by molar-refractivity contribution is -0.133. The van der Waals surface area contributed by atoms with Crippen molar-refractivity contribution in [2.45, 2.75) is 57.9 Å². The second-order valence-corrected chi connectivity index (χ2v) is 6.41. The van der Waals surface area contributed by atoms with Gasteiger partial charge in [-0.05, 0) is 50.9 Å². The molecule has 2 rings (SSSR count). The number of rotatable bonds is 3. The fraction of sp³-hybridized carbons (Fsp3) is 0.867. The zero-order chi connectivity index (χ0) is 13.9. The third-order valence-corrected chi connectivity index (χ3v) is 5.10. The van der Waals surface area contributed by atoms with E-state index in [2.05, 4.69) is 18.3 Å². The molecule has 0 radical (unpaired) electrons. The first-order valence-electron chi connectivity index (χ1n) is 7.52. The summed E-state index contributed by atoms with van der Waals surface area (Å²) >= 11 is 0. The van der Waals surface area contributed by atoms with Crippen LogP contribution in [0.1, 0.15) is 51.9 Å². The molecule has 1 amide bonds. The van der Waals surface area contributed by atoms with Crippen LogP contribution in [0.25, 0.3) is 0 Å². The van der Waals surface area contributed by atoms with E-state index in [-0.39, 0.29) is 23.3 Å². The maximum Gasteiger partial charge on any atom is 0.227 e. The Hall–Kier alpha value is -1.08. The number of hydrogen-bond donors (Lipinski definition) is 2. The van der Waals surface area contributed by atoms with Crippen molar-refractivity contribution in [2.75, 3.05) is 6.54 Å². The van der Waals surface area contributed by atoms with Gasteiger partial charge in [0, 0.05) is 12.6 Å². The number of nitrogens with zero attached hydrogens (tertiary/aromatic N) is 1. The number of hydrogen-bond acceptors (Lipinski definition) is 3. The minimum Gasteiger partial charge on any atom is -0.352 e. The smallest absolute Gasteiger partial charge is 0.227 e. The average molecular weight is 263 g/mol. The largest absolute Gasteiger partial charge is 0.352 e. The summed E-state index contributed by atoms with van der Waals surface area (Å²) in [5.41, 5.74) is 5.52. The molecule has 2 aliphatic rings. The summed E-state index contributed by atoms with van der Waals surface area (Å²) < 4.78 is 0. The van der Waals surface area contributed by atoms with Crippen LogP contribution in [0.3, 0.4) is 0 Å². The molecular weight excluding hydrogens is 238 g/mol. The minimum atomic E-state index is -0.380. The first-order valence-corrected chi connectivity index (χ1v) is 7.52. The lowest BCUT2D eigenvalue weighted by Gasteiger charge is -2.38. The van der Waals surface area contributed by atoms with E-state index >= 15 is 0 Å². The van der Waals surface area contributed by atoms with Crippen molar-refractivity contribution in [2.24, 2.45) is 23.0 Å². The predicted octanol–water partition coefficient (Wildman–Crippen LogP) is 1.95. The summed E-state index contributed by atoms with van der Waals surface area (Å²) in [6.07, 6.45) is 6.82. The zero-order valence-corrected chi connectivity index (χ0v) is 11.8. The van der Waals surface area contributed by atoms with Gasteiger partial charge in [0.15, 0.2) is 0 Å². The monoisotopic (exact) mass is 263 g/mol. The van der Waals surface area contributed by atoms with Crippen molar-refractivity contribution in [3.05, 3.63) is 0 Å². The third-order valence-electron chi connectivity index (χ3n) is 5.10. The second-order valence-electron chi connectivity index (χ2n) is 6.41. The number of amides is 1. The van der Waals surface area contributed by atoms with Crippen LogP contribution in [-0.4, -0.2) is 18.5 Å². The number of nitrogens with one attached hydrogen (secondary N) is 1. The fourth-order valence-electron chi connectivity index (χ4n) is 3.45. The molecule has 0 aliphatic heterocycles. The topological polar surface area (TPSA) is 78.9 Å². The van der Waals surface area contributed by atoms with Crippen LogP contribution in [0.4, 0.5) is 0 Å². The highest BCUT2D eigenvalue weighted by Crippen LogP contribution is 2.39. The van der Waals surface area contributed by atoms with Crippen LogP contribution < -0.4 is 11.1 Å². The van der Waals surface area contributed by atoms with Gasteiger partial charge in [0.1, 0.15) is 0 Å². The normalized spacial score (nSPS) is 38.7. The molecule has 3 N–H and O–H groups in total. The molecular formula is C15H25N3O. The van der Waals surface area contributed by atoms with E-state index < -0.39 is 0 Å². The molecule has 2 atom stereocenters. The van der Waals surface area contributed by atoms with Gasteiger partial charge in [0.2, 0.25) is 5.91 Å². The quantitative estimate of drug-likeness (QED) is 0.816. The molecule has 2 aliphatic carbocycles. The Balaban J connectivity index is 1.99. The summed E-state index contributed by atoms with van der Waals surface area (Å²) in [5, 5.41) is 12.2. The minimum absolute atomic E-state index is 0.0127. The number of nitrogens with two attached hydrogens (primary N) is 1. The summed E-state index contributed by atoms with van der Waals surface area (Å²) in [6.45, 7) is 2.66. The fourth-order valence-corrected chi connectivity index (χ4v) is 3.45. The molecule has 2 unspecified atom stereocenters. The van der Waals surface area contributed by atoms with E-state index in [0.29, 0.717) is 12.5 Å². The molecule has 106 valence electrons. The number of carbonyl (C=O) groups excluding carboxylic acids is 1. The van der Waals surface area contributed by atoms with Crippen molar-refractivity contribution in [3.8, 4) is 6.07 Å². The molecule has 0 aromatic rings. The third kappa shape index (κ3) is 2.92. The molecule has 4 nitrogen and oxygen atoms in total. The van der Waals surface area contributed by atoms with E-state index in [1.54, 1.807) is 0 Å². The van der Waals surface area contributed by atoms with Gasteiger partial charge in [0.25, 0.3) is 0 Å². The Morgan fingerprint density at radius 3 is 2.63 bits per heavy atom. The molecule has 0 spiro atoms. The highest BCUT2D eigenvalue weighted by molar-refractivity contribution is 5.83. The Kier molecular flexibility index (Phi) is 4.46. The van der Waals surface area contributed by atoms with Gasteiger partial charge in [-0.2, -0.15) is 5.26 Å². The summed E-state index contributed by atoms with van der Waals surface area (Å²) in [5.74, 6) is 0.779. The Labute approximate surface area is 115 Å². The van der Waals surface area contributed by atoms with Crippen LogP contribution in [0.2, 0.25) is 0 Å². The van der Waals surface area contributed by atoms with Crippen LogP contribution >= 0.6 is 0 Å². The first kappa shape index (κ1) is 14.3. The van der Waals surface area contributed by atoms with Crippen LogP contribution in [0, 0.1) is 28.6 Å². The average Bonchev–Trinajstić information content (AvgIpc) is 2.87.